The molecule has 0 radical (unpaired) electrons. The number of nitrogens with two attached hydrogens (primary N) is 1. The van der Waals surface area contributed by atoms with Gasteiger partial charge in [-0.2, -0.15) is 0 Å². The smallest absolute Gasteiger partial charge is 0.196 e. The normalized spacial score (nSPS) is 17.6. The molecule has 1 heterocycles. The first-order chi connectivity index (χ1) is 7.75. The van der Waals surface area contributed by atoms with Crippen molar-refractivity contribution in [3.63, 3.8) is 0 Å². The van der Waals surface area contributed by atoms with Crippen LogP contribution in [0.15, 0.2) is 29.3 Å². The van der Waals surface area contributed by atoms with Crippen LogP contribution in [0.1, 0.15) is 19.3 Å². The highest BCUT2D eigenvalue weighted by molar-refractivity contribution is 6.30. The molecule has 0 spiro atoms. The van der Waals surface area contributed by atoms with Gasteiger partial charge in [0.15, 0.2) is 5.96 Å². The molecule has 16 heavy (non-hydrogen) atoms. The summed E-state index contributed by atoms with van der Waals surface area (Å²) in [6.45, 7) is 2.03. The number of piperidine rings is 1. The summed E-state index contributed by atoms with van der Waals surface area (Å²) in [6.07, 6.45) is 3.71. The van der Waals surface area contributed by atoms with Crippen LogP contribution in [0.3, 0.4) is 0 Å². The lowest BCUT2D eigenvalue weighted by molar-refractivity contribution is 0.339. The van der Waals surface area contributed by atoms with E-state index in [4.69, 9.17) is 17.3 Å². The zero-order valence-corrected chi connectivity index (χ0v) is 9.95. The third-order valence-electron chi connectivity index (χ3n) is 2.75. The Balaban J connectivity index is 2.07. The van der Waals surface area contributed by atoms with Crippen molar-refractivity contribution in [2.45, 2.75) is 19.3 Å². The maximum absolute atomic E-state index is 5.96. The molecule has 1 saturated heterocycles. The number of hydrogen-bond donors (Lipinski definition) is 1. The third kappa shape index (κ3) is 2.89. The van der Waals surface area contributed by atoms with E-state index in [0.29, 0.717) is 5.96 Å². The van der Waals surface area contributed by atoms with Gasteiger partial charge in [0, 0.05) is 18.1 Å². The van der Waals surface area contributed by atoms with E-state index in [1.54, 1.807) is 0 Å². The first-order valence-corrected chi connectivity index (χ1v) is 5.98. The SMILES string of the molecule is NC(=Nc1ccc(Cl)cc1)N1CCCCC1. The Morgan fingerprint density at radius 2 is 1.75 bits per heavy atom. The number of benzene rings is 1. The fourth-order valence-corrected chi connectivity index (χ4v) is 1.97. The Kier molecular flexibility index (Phi) is 3.67. The third-order valence-corrected chi connectivity index (χ3v) is 3.00. The van der Waals surface area contributed by atoms with Gasteiger partial charge in [0.2, 0.25) is 0 Å². The lowest BCUT2D eigenvalue weighted by Crippen LogP contribution is -2.40. The van der Waals surface area contributed by atoms with Crippen LogP contribution in [-0.2, 0) is 0 Å². The molecule has 2 N–H and O–H groups in total. The number of aliphatic imine (C=N–C) groups is 1. The molecule has 1 aliphatic heterocycles. The maximum Gasteiger partial charge on any atom is 0.196 e. The van der Waals surface area contributed by atoms with Crippen LogP contribution in [0.4, 0.5) is 5.69 Å². The molecule has 0 aromatic heterocycles. The summed E-state index contributed by atoms with van der Waals surface area (Å²) in [4.78, 5) is 6.52. The van der Waals surface area contributed by atoms with Crippen molar-refractivity contribution in [1.82, 2.24) is 4.90 Å². The van der Waals surface area contributed by atoms with E-state index in [0.717, 1.165) is 23.8 Å². The molecule has 2 rings (SSSR count). The summed E-state index contributed by atoms with van der Waals surface area (Å²) in [7, 11) is 0. The summed E-state index contributed by atoms with van der Waals surface area (Å²) >= 11 is 5.81. The van der Waals surface area contributed by atoms with Gasteiger partial charge in [-0.3, -0.25) is 0 Å². The Hall–Kier alpha value is -1.22. The number of rotatable bonds is 1. The average molecular weight is 238 g/mol. The molecule has 1 aliphatic rings. The van der Waals surface area contributed by atoms with Crippen molar-refractivity contribution in [2.75, 3.05) is 13.1 Å². The van der Waals surface area contributed by atoms with E-state index in [1.807, 2.05) is 24.3 Å². The highest BCUT2D eigenvalue weighted by atomic mass is 35.5. The van der Waals surface area contributed by atoms with Crippen LogP contribution in [0.5, 0.6) is 0 Å². The Bertz CT molecular complexity index is 366. The van der Waals surface area contributed by atoms with Gasteiger partial charge in [-0.05, 0) is 43.5 Å². The maximum atomic E-state index is 5.96. The van der Waals surface area contributed by atoms with Gasteiger partial charge in [-0.25, -0.2) is 4.99 Å². The van der Waals surface area contributed by atoms with Crippen LogP contribution >= 0.6 is 11.6 Å². The van der Waals surface area contributed by atoms with Crippen LogP contribution in [0.2, 0.25) is 5.02 Å². The molecular formula is C12H16ClN3. The minimum atomic E-state index is 0.613. The highest BCUT2D eigenvalue weighted by Gasteiger charge is 2.11. The molecule has 0 bridgehead atoms. The minimum absolute atomic E-state index is 0.613. The summed E-state index contributed by atoms with van der Waals surface area (Å²) in [5.41, 5.74) is 6.82. The van der Waals surface area contributed by atoms with Gasteiger partial charge in [0.05, 0.1) is 5.69 Å². The predicted octanol–water partition coefficient (Wildman–Crippen LogP) is 2.77. The van der Waals surface area contributed by atoms with E-state index in [-0.39, 0.29) is 0 Å². The van der Waals surface area contributed by atoms with Crippen molar-refractivity contribution < 1.29 is 0 Å². The van der Waals surface area contributed by atoms with Crippen molar-refractivity contribution in [3.05, 3.63) is 29.3 Å². The standard InChI is InChI=1S/C12H16ClN3/c13-10-4-6-11(7-5-10)15-12(14)16-8-2-1-3-9-16/h4-7H,1-3,8-9H2,(H2,14,15). The van der Waals surface area contributed by atoms with E-state index in [1.165, 1.54) is 19.3 Å². The van der Waals surface area contributed by atoms with Crippen LogP contribution < -0.4 is 5.73 Å². The van der Waals surface area contributed by atoms with Crippen LogP contribution in [-0.4, -0.2) is 23.9 Å². The first-order valence-electron chi connectivity index (χ1n) is 5.60. The van der Waals surface area contributed by atoms with Crippen molar-refractivity contribution in [3.8, 4) is 0 Å². The van der Waals surface area contributed by atoms with Crippen molar-refractivity contribution >= 4 is 23.2 Å². The molecule has 0 aliphatic carbocycles. The van der Waals surface area contributed by atoms with Crippen molar-refractivity contribution in [1.29, 1.82) is 0 Å². The number of halogens is 1. The summed E-state index contributed by atoms with van der Waals surface area (Å²) in [5.74, 6) is 0.613. The van der Waals surface area contributed by atoms with Gasteiger partial charge >= 0.3 is 0 Å². The quantitative estimate of drug-likeness (QED) is 0.603. The minimum Gasteiger partial charge on any atom is -0.369 e. The van der Waals surface area contributed by atoms with Crippen LogP contribution in [0.25, 0.3) is 0 Å². The Labute approximate surface area is 101 Å². The van der Waals surface area contributed by atoms with E-state index < -0.39 is 0 Å². The molecule has 3 nitrogen and oxygen atoms in total. The monoisotopic (exact) mass is 237 g/mol. The van der Waals surface area contributed by atoms with E-state index in [2.05, 4.69) is 9.89 Å². The second kappa shape index (κ2) is 5.21. The Morgan fingerprint density at radius 3 is 2.38 bits per heavy atom. The zero-order valence-electron chi connectivity index (χ0n) is 9.19. The van der Waals surface area contributed by atoms with Gasteiger partial charge in [-0.1, -0.05) is 11.6 Å². The second-order valence-corrected chi connectivity index (χ2v) is 4.43. The summed E-state index contributed by atoms with van der Waals surface area (Å²) in [5, 5.41) is 0.718. The first kappa shape index (κ1) is 11.3. The molecule has 1 fully saturated rings. The number of guanidine groups is 1. The molecule has 4 heteroatoms. The zero-order chi connectivity index (χ0) is 11.4. The summed E-state index contributed by atoms with van der Waals surface area (Å²) in [6, 6.07) is 7.39. The number of hydrogen-bond acceptors (Lipinski definition) is 1. The fraction of sp³-hybridized carbons (Fsp3) is 0.417. The van der Waals surface area contributed by atoms with Crippen molar-refractivity contribution in [2.24, 2.45) is 10.7 Å². The Morgan fingerprint density at radius 1 is 1.12 bits per heavy atom. The topological polar surface area (TPSA) is 41.6 Å². The fourth-order valence-electron chi connectivity index (χ4n) is 1.84. The second-order valence-electron chi connectivity index (χ2n) is 3.99. The summed E-state index contributed by atoms with van der Waals surface area (Å²) < 4.78 is 0. The van der Waals surface area contributed by atoms with E-state index in [9.17, 15) is 0 Å². The molecule has 86 valence electrons. The molecular weight excluding hydrogens is 222 g/mol. The molecule has 1 aromatic rings. The molecule has 0 saturated carbocycles. The highest BCUT2D eigenvalue weighted by Crippen LogP contribution is 2.17. The number of likely N-dealkylation sites (tertiary alicyclic amines) is 1. The van der Waals surface area contributed by atoms with Gasteiger partial charge in [-0.15, -0.1) is 0 Å². The predicted molar refractivity (Wildman–Crippen MR) is 68.2 cm³/mol. The molecule has 0 amide bonds. The average Bonchev–Trinajstić information content (AvgIpc) is 2.33. The molecule has 1 aromatic carbocycles. The molecule has 0 atom stereocenters. The van der Waals surface area contributed by atoms with Gasteiger partial charge in [0.25, 0.3) is 0 Å². The number of nitrogens with zero attached hydrogens (tertiary/aromatic N) is 2. The lowest BCUT2D eigenvalue weighted by Gasteiger charge is -2.27. The largest absolute Gasteiger partial charge is 0.369 e. The van der Waals surface area contributed by atoms with Gasteiger partial charge < -0.3 is 10.6 Å². The molecule has 0 unspecified atom stereocenters. The van der Waals surface area contributed by atoms with Crippen LogP contribution in [0, 0.1) is 0 Å². The lowest BCUT2D eigenvalue weighted by atomic mass is 10.1. The van der Waals surface area contributed by atoms with E-state index >= 15 is 0 Å². The van der Waals surface area contributed by atoms with Gasteiger partial charge in [0.1, 0.15) is 0 Å².